The highest BCUT2D eigenvalue weighted by molar-refractivity contribution is 5.81. The van der Waals surface area contributed by atoms with E-state index in [4.69, 9.17) is 0 Å². The smallest absolute Gasteiger partial charge is 0.308 e. The van der Waals surface area contributed by atoms with Gasteiger partial charge in [-0.25, -0.2) is 4.39 Å². The quantitative estimate of drug-likeness (QED) is 0.918. The number of nitrogens with zero attached hydrogens (tertiary/aromatic N) is 1. The molecule has 1 aromatic rings. The Balaban J connectivity index is 1.88. The van der Waals surface area contributed by atoms with Gasteiger partial charge in [-0.3, -0.25) is 9.59 Å². The number of carboxylic acid groups (broad SMARTS) is 1. The van der Waals surface area contributed by atoms with Crippen molar-refractivity contribution >= 4 is 11.9 Å². The van der Waals surface area contributed by atoms with Crippen molar-refractivity contribution in [2.75, 3.05) is 6.54 Å². The van der Waals surface area contributed by atoms with E-state index in [1.807, 2.05) is 0 Å². The Hall–Kier alpha value is -1.91. The Morgan fingerprint density at radius 3 is 2.46 bits per heavy atom. The van der Waals surface area contributed by atoms with Crippen molar-refractivity contribution in [1.82, 2.24) is 4.90 Å². The first-order chi connectivity index (χ1) is 11.5. The lowest BCUT2D eigenvalue weighted by molar-refractivity contribution is -0.149. The van der Waals surface area contributed by atoms with Crippen LogP contribution in [0.1, 0.15) is 55.7 Å². The lowest BCUT2D eigenvalue weighted by Crippen LogP contribution is -2.46. The number of hydrogen-bond donors (Lipinski definition) is 1. The highest BCUT2D eigenvalue weighted by atomic mass is 19.1. The first-order valence-electron chi connectivity index (χ1n) is 8.76. The molecule has 1 heterocycles. The number of benzene rings is 1. The van der Waals surface area contributed by atoms with Gasteiger partial charge in [0.25, 0.3) is 0 Å². The summed E-state index contributed by atoms with van der Waals surface area (Å²) in [5, 5.41) is 9.35. The van der Waals surface area contributed by atoms with Gasteiger partial charge in [-0.1, -0.05) is 25.0 Å². The normalized spacial score (nSPS) is 25.0. The third kappa shape index (κ3) is 3.30. The van der Waals surface area contributed by atoms with Crippen LogP contribution in [-0.2, 0) is 9.59 Å². The molecule has 0 spiro atoms. The zero-order valence-corrected chi connectivity index (χ0v) is 14.0. The van der Waals surface area contributed by atoms with Crippen LogP contribution < -0.4 is 0 Å². The lowest BCUT2D eigenvalue weighted by Gasteiger charge is -2.40. The molecule has 0 radical (unpaired) electrons. The summed E-state index contributed by atoms with van der Waals surface area (Å²) in [5.41, 5.74) is 1.46. The van der Waals surface area contributed by atoms with E-state index in [2.05, 4.69) is 0 Å². The van der Waals surface area contributed by atoms with Crippen LogP contribution >= 0.6 is 0 Å². The van der Waals surface area contributed by atoms with Crippen LogP contribution in [0.15, 0.2) is 18.2 Å². The first-order valence-corrected chi connectivity index (χ1v) is 8.76. The predicted molar refractivity (Wildman–Crippen MR) is 87.9 cm³/mol. The van der Waals surface area contributed by atoms with Gasteiger partial charge in [0, 0.05) is 12.5 Å². The molecule has 1 N–H and O–H groups in total. The third-order valence-corrected chi connectivity index (χ3v) is 5.49. The molecule has 2 fully saturated rings. The van der Waals surface area contributed by atoms with Crippen LogP contribution in [0.4, 0.5) is 4.39 Å². The maximum Gasteiger partial charge on any atom is 0.308 e. The summed E-state index contributed by atoms with van der Waals surface area (Å²) < 4.78 is 13.6. The molecular weight excluding hydrogens is 309 g/mol. The molecular formula is C19H24FNO3. The van der Waals surface area contributed by atoms with Crippen LogP contribution in [0.25, 0.3) is 0 Å². The van der Waals surface area contributed by atoms with E-state index < -0.39 is 11.9 Å². The summed E-state index contributed by atoms with van der Waals surface area (Å²) in [6.07, 6.45) is 5.07. The van der Waals surface area contributed by atoms with Crippen molar-refractivity contribution in [3.8, 4) is 0 Å². The van der Waals surface area contributed by atoms with E-state index in [1.165, 1.54) is 6.07 Å². The Labute approximate surface area is 141 Å². The molecule has 2 aliphatic rings. The molecule has 2 atom stereocenters. The number of hydrogen-bond acceptors (Lipinski definition) is 2. The lowest BCUT2D eigenvalue weighted by atomic mass is 9.87. The average Bonchev–Trinajstić information content (AvgIpc) is 3.10. The number of piperidine rings is 1. The first kappa shape index (κ1) is 16.9. The van der Waals surface area contributed by atoms with Gasteiger partial charge < -0.3 is 10.0 Å². The van der Waals surface area contributed by atoms with Gasteiger partial charge in [-0.2, -0.15) is 0 Å². The summed E-state index contributed by atoms with van der Waals surface area (Å²) in [6.45, 7) is 1.97. The topological polar surface area (TPSA) is 57.6 Å². The number of aryl methyl sites for hydroxylation is 1. The van der Waals surface area contributed by atoms with Crippen LogP contribution in [0.3, 0.4) is 0 Å². The van der Waals surface area contributed by atoms with Gasteiger partial charge in [0.2, 0.25) is 5.91 Å². The van der Waals surface area contributed by atoms with Crippen molar-refractivity contribution in [3.63, 3.8) is 0 Å². The van der Waals surface area contributed by atoms with Gasteiger partial charge in [-0.15, -0.1) is 0 Å². The largest absolute Gasteiger partial charge is 0.481 e. The number of carbonyl (C=O) groups excluding carboxylic acids is 1. The second-order valence-corrected chi connectivity index (χ2v) is 7.11. The van der Waals surface area contributed by atoms with Crippen LogP contribution in [-0.4, -0.2) is 28.4 Å². The maximum atomic E-state index is 13.6. The molecule has 3 rings (SSSR count). The number of rotatable bonds is 3. The van der Waals surface area contributed by atoms with E-state index in [-0.39, 0.29) is 30.2 Å². The molecule has 1 aliphatic carbocycles. The Bertz CT molecular complexity index is 639. The number of likely N-dealkylation sites (tertiary alicyclic amines) is 1. The molecule has 130 valence electrons. The fourth-order valence-electron chi connectivity index (χ4n) is 4.05. The fourth-order valence-corrected chi connectivity index (χ4v) is 4.05. The van der Waals surface area contributed by atoms with Crippen LogP contribution in [0, 0.1) is 24.6 Å². The van der Waals surface area contributed by atoms with E-state index in [1.54, 1.807) is 24.0 Å². The van der Waals surface area contributed by atoms with E-state index in [0.29, 0.717) is 18.4 Å². The van der Waals surface area contributed by atoms with Crippen LogP contribution in [0.5, 0.6) is 0 Å². The number of carbonyl (C=O) groups is 2. The van der Waals surface area contributed by atoms with Crippen LogP contribution in [0.2, 0.25) is 0 Å². The minimum atomic E-state index is -0.840. The molecule has 4 nitrogen and oxygen atoms in total. The van der Waals surface area contributed by atoms with Gasteiger partial charge in [0.05, 0.1) is 12.0 Å². The third-order valence-electron chi connectivity index (χ3n) is 5.49. The molecule has 1 aliphatic heterocycles. The minimum Gasteiger partial charge on any atom is -0.481 e. The van der Waals surface area contributed by atoms with Crippen molar-refractivity contribution in [2.24, 2.45) is 11.8 Å². The zero-order chi connectivity index (χ0) is 17.3. The fraction of sp³-hybridized carbons (Fsp3) is 0.579. The average molecular weight is 333 g/mol. The second kappa shape index (κ2) is 6.91. The molecule has 24 heavy (non-hydrogen) atoms. The van der Waals surface area contributed by atoms with E-state index >= 15 is 0 Å². The molecule has 5 heteroatoms. The number of amides is 1. The van der Waals surface area contributed by atoms with E-state index in [0.717, 1.165) is 31.2 Å². The van der Waals surface area contributed by atoms with Gasteiger partial charge in [0.1, 0.15) is 5.82 Å². The SMILES string of the molecule is Cc1cc(C2CCC(C(=O)O)CN2C(=O)C2CCCC2)ccc1F. The zero-order valence-electron chi connectivity index (χ0n) is 14.0. The molecule has 1 aromatic carbocycles. The molecule has 1 saturated heterocycles. The predicted octanol–water partition coefficient (Wildman–Crippen LogP) is 3.69. The van der Waals surface area contributed by atoms with Gasteiger partial charge in [-0.05, 0) is 49.8 Å². The molecule has 2 unspecified atom stereocenters. The summed E-state index contributed by atoms with van der Waals surface area (Å²) >= 11 is 0. The molecule has 0 aromatic heterocycles. The number of halogens is 1. The minimum absolute atomic E-state index is 0.0154. The molecule has 1 saturated carbocycles. The number of carboxylic acids is 1. The summed E-state index contributed by atoms with van der Waals surface area (Å²) in [5.74, 6) is -1.51. The molecule has 1 amide bonds. The monoisotopic (exact) mass is 333 g/mol. The summed E-state index contributed by atoms with van der Waals surface area (Å²) in [6, 6.07) is 4.80. The Morgan fingerprint density at radius 2 is 1.83 bits per heavy atom. The highest BCUT2D eigenvalue weighted by Gasteiger charge is 2.38. The van der Waals surface area contributed by atoms with Gasteiger partial charge >= 0.3 is 5.97 Å². The maximum absolute atomic E-state index is 13.6. The number of aliphatic carboxylic acids is 1. The molecule has 0 bridgehead atoms. The highest BCUT2D eigenvalue weighted by Crippen LogP contribution is 2.37. The van der Waals surface area contributed by atoms with Crippen molar-refractivity contribution < 1.29 is 19.1 Å². The van der Waals surface area contributed by atoms with Crippen molar-refractivity contribution in [3.05, 3.63) is 35.1 Å². The summed E-state index contributed by atoms with van der Waals surface area (Å²) in [7, 11) is 0. The van der Waals surface area contributed by atoms with Gasteiger partial charge in [0.15, 0.2) is 0 Å². The standard InChI is InChI=1S/C19H24FNO3/c1-12-10-14(6-8-16(12)20)17-9-7-15(19(23)24)11-21(17)18(22)13-4-2-3-5-13/h6,8,10,13,15,17H,2-5,7,9,11H2,1H3,(H,23,24). The van der Waals surface area contributed by atoms with Crippen molar-refractivity contribution in [2.45, 2.75) is 51.5 Å². The Kier molecular flexibility index (Phi) is 4.88. The van der Waals surface area contributed by atoms with E-state index in [9.17, 15) is 19.1 Å². The Morgan fingerprint density at radius 1 is 1.12 bits per heavy atom. The summed E-state index contributed by atoms with van der Waals surface area (Å²) in [4.78, 5) is 26.1. The van der Waals surface area contributed by atoms with Crippen molar-refractivity contribution in [1.29, 1.82) is 0 Å². The second-order valence-electron chi connectivity index (χ2n) is 7.11.